The number of non-ortho nitro benzene ring substituents is 1. The smallest absolute Gasteiger partial charge is 0.270 e. The van der Waals surface area contributed by atoms with Gasteiger partial charge in [0.1, 0.15) is 11.5 Å². The van der Waals surface area contributed by atoms with Crippen LogP contribution in [0.3, 0.4) is 0 Å². The third-order valence-corrected chi connectivity index (χ3v) is 4.73. The molecule has 136 valence electrons. The molecule has 26 heavy (non-hydrogen) atoms. The van der Waals surface area contributed by atoms with Crippen LogP contribution >= 0.6 is 0 Å². The molecule has 1 amide bonds. The highest BCUT2D eigenvalue weighted by molar-refractivity contribution is 5.95. The van der Waals surface area contributed by atoms with Crippen molar-refractivity contribution < 1.29 is 19.2 Å². The third-order valence-electron chi connectivity index (χ3n) is 4.73. The number of amides is 1. The number of benzene rings is 2. The van der Waals surface area contributed by atoms with Crippen molar-refractivity contribution in [3.8, 4) is 11.5 Å². The van der Waals surface area contributed by atoms with Gasteiger partial charge in [-0.1, -0.05) is 6.07 Å². The second kappa shape index (κ2) is 7.03. The van der Waals surface area contributed by atoms with Gasteiger partial charge in [0.25, 0.3) is 11.6 Å². The predicted octanol–water partition coefficient (Wildman–Crippen LogP) is 3.37. The summed E-state index contributed by atoms with van der Waals surface area (Å²) in [6.07, 6.45) is 0.661. The van der Waals surface area contributed by atoms with Gasteiger partial charge >= 0.3 is 0 Å². The van der Waals surface area contributed by atoms with Crippen LogP contribution in [0.2, 0.25) is 0 Å². The van der Waals surface area contributed by atoms with Gasteiger partial charge < -0.3 is 14.4 Å². The van der Waals surface area contributed by atoms with Gasteiger partial charge in [-0.3, -0.25) is 14.9 Å². The number of nitrogens with zero attached hydrogens (tertiary/aromatic N) is 2. The third kappa shape index (κ3) is 3.08. The molecule has 2 aromatic rings. The number of carbonyl (C=O) groups is 1. The second-order valence-corrected chi connectivity index (χ2v) is 6.13. The Kier molecular flexibility index (Phi) is 4.79. The molecule has 1 unspecified atom stereocenters. The molecule has 7 nitrogen and oxygen atoms in total. The van der Waals surface area contributed by atoms with Gasteiger partial charge in [0.15, 0.2) is 0 Å². The predicted molar refractivity (Wildman–Crippen MR) is 95.8 cm³/mol. The number of hydrogen-bond acceptors (Lipinski definition) is 5. The van der Waals surface area contributed by atoms with Gasteiger partial charge in [-0.15, -0.1) is 0 Å². The molecule has 0 bridgehead atoms. The Balaban J connectivity index is 1.96. The SMILES string of the molecule is COc1cc2c(c(OC)c1)C(C)N(C(=O)c1cccc([N+](=O)[O-])c1)CC2. The maximum absolute atomic E-state index is 13.0. The van der Waals surface area contributed by atoms with Crippen LogP contribution in [0.1, 0.15) is 34.5 Å². The summed E-state index contributed by atoms with van der Waals surface area (Å²) in [7, 11) is 3.19. The topological polar surface area (TPSA) is 81.9 Å². The molecule has 3 rings (SSSR count). The van der Waals surface area contributed by atoms with E-state index in [1.807, 2.05) is 13.0 Å². The number of nitro groups is 1. The van der Waals surface area contributed by atoms with E-state index in [4.69, 9.17) is 9.47 Å². The summed E-state index contributed by atoms with van der Waals surface area (Å²) in [4.78, 5) is 25.2. The van der Waals surface area contributed by atoms with Crippen LogP contribution in [0.5, 0.6) is 11.5 Å². The summed E-state index contributed by atoms with van der Waals surface area (Å²) in [5.74, 6) is 1.15. The molecular weight excluding hydrogens is 336 g/mol. The second-order valence-electron chi connectivity index (χ2n) is 6.13. The molecule has 7 heteroatoms. The van der Waals surface area contributed by atoms with Crippen molar-refractivity contribution in [1.29, 1.82) is 0 Å². The molecule has 0 fully saturated rings. The van der Waals surface area contributed by atoms with Crippen molar-refractivity contribution in [3.05, 3.63) is 63.2 Å². The fourth-order valence-corrected chi connectivity index (χ4v) is 3.41. The monoisotopic (exact) mass is 356 g/mol. The summed E-state index contributed by atoms with van der Waals surface area (Å²) in [5.41, 5.74) is 2.24. The highest BCUT2D eigenvalue weighted by Crippen LogP contribution is 2.39. The lowest BCUT2D eigenvalue weighted by atomic mass is 9.91. The lowest BCUT2D eigenvalue weighted by Crippen LogP contribution is -2.39. The number of nitro benzene ring substituents is 1. The average molecular weight is 356 g/mol. The molecule has 2 aromatic carbocycles. The first-order chi connectivity index (χ1) is 12.5. The molecule has 1 aliphatic heterocycles. The van der Waals surface area contributed by atoms with E-state index >= 15 is 0 Å². The van der Waals surface area contributed by atoms with E-state index in [0.29, 0.717) is 30.0 Å². The van der Waals surface area contributed by atoms with E-state index in [2.05, 4.69) is 0 Å². The fraction of sp³-hybridized carbons (Fsp3) is 0.316. The lowest BCUT2D eigenvalue weighted by molar-refractivity contribution is -0.384. The van der Waals surface area contributed by atoms with Crippen LogP contribution in [0.15, 0.2) is 36.4 Å². The van der Waals surface area contributed by atoms with E-state index < -0.39 is 4.92 Å². The summed E-state index contributed by atoms with van der Waals surface area (Å²) in [6, 6.07) is 9.37. The zero-order valence-electron chi connectivity index (χ0n) is 14.9. The Labute approximate surface area is 151 Å². The molecule has 0 N–H and O–H groups in total. The first-order valence-electron chi connectivity index (χ1n) is 8.26. The van der Waals surface area contributed by atoms with Crippen molar-refractivity contribution in [2.75, 3.05) is 20.8 Å². The standard InChI is InChI=1S/C19H20N2O5/c1-12-18-13(10-16(25-2)11-17(18)26-3)7-8-20(12)19(22)14-5-4-6-15(9-14)21(23)24/h4-6,9-12H,7-8H2,1-3H3. The Morgan fingerprint density at radius 2 is 2.00 bits per heavy atom. The van der Waals surface area contributed by atoms with Crippen molar-refractivity contribution in [2.24, 2.45) is 0 Å². The maximum atomic E-state index is 13.0. The van der Waals surface area contributed by atoms with Crippen LogP contribution in [-0.4, -0.2) is 36.5 Å². The molecule has 1 heterocycles. The zero-order chi connectivity index (χ0) is 18.8. The Hall–Kier alpha value is -3.09. The largest absolute Gasteiger partial charge is 0.497 e. The van der Waals surface area contributed by atoms with E-state index in [1.165, 1.54) is 18.2 Å². The zero-order valence-corrected chi connectivity index (χ0v) is 14.9. The van der Waals surface area contributed by atoms with Crippen molar-refractivity contribution >= 4 is 11.6 Å². The summed E-state index contributed by atoms with van der Waals surface area (Å²) in [6.45, 7) is 2.45. The molecule has 0 spiro atoms. The van der Waals surface area contributed by atoms with Crippen LogP contribution in [0.25, 0.3) is 0 Å². The Morgan fingerprint density at radius 3 is 2.65 bits per heavy atom. The number of methoxy groups -OCH3 is 2. The Morgan fingerprint density at radius 1 is 1.23 bits per heavy atom. The van der Waals surface area contributed by atoms with Crippen molar-refractivity contribution in [3.63, 3.8) is 0 Å². The van der Waals surface area contributed by atoms with Gasteiger partial charge in [0.2, 0.25) is 0 Å². The van der Waals surface area contributed by atoms with E-state index in [9.17, 15) is 14.9 Å². The minimum absolute atomic E-state index is 0.0942. The summed E-state index contributed by atoms with van der Waals surface area (Å²) < 4.78 is 10.8. The molecule has 0 saturated heterocycles. The van der Waals surface area contributed by atoms with Crippen LogP contribution in [-0.2, 0) is 6.42 Å². The van der Waals surface area contributed by atoms with Gasteiger partial charge in [-0.2, -0.15) is 0 Å². The lowest BCUT2D eigenvalue weighted by Gasteiger charge is -2.36. The maximum Gasteiger partial charge on any atom is 0.270 e. The first kappa shape index (κ1) is 17.7. The van der Waals surface area contributed by atoms with Gasteiger partial charge in [-0.05, 0) is 31.0 Å². The molecule has 0 radical (unpaired) electrons. The quantitative estimate of drug-likeness (QED) is 0.620. The van der Waals surface area contributed by atoms with Crippen molar-refractivity contribution in [1.82, 2.24) is 4.90 Å². The first-order valence-corrected chi connectivity index (χ1v) is 8.26. The highest BCUT2D eigenvalue weighted by Gasteiger charge is 2.31. The molecule has 1 aliphatic rings. The van der Waals surface area contributed by atoms with Crippen LogP contribution < -0.4 is 9.47 Å². The fourth-order valence-electron chi connectivity index (χ4n) is 3.41. The summed E-state index contributed by atoms with van der Waals surface area (Å²) >= 11 is 0. The number of fused-ring (bicyclic) bond motifs is 1. The normalized spacial score (nSPS) is 16.0. The summed E-state index contributed by atoms with van der Waals surface area (Å²) in [5, 5.41) is 11.0. The van der Waals surface area contributed by atoms with E-state index in [1.54, 1.807) is 31.3 Å². The molecule has 0 aliphatic carbocycles. The number of carbonyl (C=O) groups excluding carboxylic acids is 1. The number of rotatable bonds is 4. The minimum atomic E-state index is -0.499. The molecule has 1 atom stereocenters. The van der Waals surface area contributed by atoms with E-state index in [0.717, 1.165) is 11.1 Å². The van der Waals surface area contributed by atoms with Gasteiger partial charge in [-0.25, -0.2) is 0 Å². The van der Waals surface area contributed by atoms with E-state index in [-0.39, 0.29) is 17.6 Å². The molecule has 0 aromatic heterocycles. The molecule has 0 saturated carbocycles. The highest BCUT2D eigenvalue weighted by atomic mass is 16.6. The molecular formula is C19H20N2O5. The average Bonchev–Trinajstić information content (AvgIpc) is 2.66. The number of hydrogen-bond donors (Lipinski definition) is 0. The van der Waals surface area contributed by atoms with Crippen LogP contribution in [0, 0.1) is 10.1 Å². The number of ether oxygens (including phenoxy) is 2. The minimum Gasteiger partial charge on any atom is -0.497 e. The van der Waals surface area contributed by atoms with Gasteiger partial charge in [0, 0.05) is 35.9 Å². The van der Waals surface area contributed by atoms with Gasteiger partial charge in [0.05, 0.1) is 25.2 Å². The Bertz CT molecular complexity index is 848. The van der Waals surface area contributed by atoms with Crippen molar-refractivity contribution in [2.45, 2.75) is 19.4 Å². The van der Waals surface area contributed by atoms with Crippen LogP contribution in [0.4, 0.5) is 5.69 Å².